The molecular formula is C22H31ClO2. The standard InChI is InChI=1S/C22H31ClO2/c1-3-15-25-22-13-10-19-17-20(11-12-21(19)18(22)2)24-16-9-7-5-4-6-8-14-23/h10-13,17H,3-9,14-16H2,1-2H3. The zero-order chi connectivity index (χ0) is 17.9. The summed E-state index contributed by atoms with van der Waals surface area (Å²) in [4.78, 5) is 0. The van der Waals surface area contributed by atoms with E-state index < -0.39 is 0 Å². The Hall–Kier alpha value is -1.41. The summed E-state index contributed by atoms with van der Waals surface area (Å²) in [5.41, 5.74) is 1.20. The van der Waals surface area contributed by atoms with Gasteiger partial charge in [0.05, 0.1) is 13.2 Å². The molecule has 0 fully saturated rings. The third-order valence-electron chi connectivity index (χ3n) is 4.47. The molecule has 0 aromatic heterocycles. The van der Waals surface area contributed by atoms with Gasteiger partial charge in [-0.15, -0.1) is 11.6 Å². The van der Waals surface area contributed by atoms with Crippen molar-refractivity contribution < 1.29 is 9.47 Å². The SMILES string of the molecule is CCCOc1ccc2cc(OCCCCCCCCCl)ccc2c1C. The maximum atomic E-state index is 5.92. The maximum absolute atomic E-state index is 5.92. The second kappa shape index (κ2) is 11.3. The molecule has 2 rings (SSSR count). The summed E-state index contributed by atoms with van der Waals surface area (Å²) in [6.07, 6.45) is 8.31. The van der Waals surface area contributed by atoms with E-state index in [2.05, 4.69) is 44.2 Å². The molecule has 2 aromatic rings. The highest BCUT2D eigenvalue weighted by atomic mass is 35.5. The lowest BCUT2D eigenvalue weighted by Crippen LogP contribution is -1.98. The van der Waals surface area contributed by atoms with Gasteiger partial charge in [-0.25, -0.2) is 0 Å². The fourth-order valence-electron chi connectivity index (χ4n) is 3.00. The number of ether oxygens (including phenoxy) is 2. The van der Waals surface area contributed by atoms with Gasteiger partial charge in [-0.2, -0.15) is 0 Å². The van der Waals surface area contributed by atoms with E-state index in [1.54, 1.807) is 0 Å². The van der Waals surface area contributed by atoms with Crippen LogP contribution in [0.5, 0.6) is 11.5 Å². The second-order valence-electron chi connectivity index (χ2n) is 6.58. The van der Waals surface area contributed by atoms with Gasteiger partial charge in [-0.3, -0.25) is 0 Å². The minimum atomic E-state index is 0.763. The molecule has 25 heavy (non-hydrogen) atoms. The van der Waals surface area contributed by atoms with E-state index in [1.165, 1.54) is 42.0 Å². The molecule has 138 valence electrons. The Balaban J connectivity index is 1.82. The highest BCUT2D eigenvalue weighted by Crippen LogP contribution is 2.30. The third kappa shape index (κ3) is 6.43. The van der Waals surface area contributed by atoms with Gasteiger partial charge in [0.25, 0.3) is 0 Å². The van der Waals surface area contributed by atoms with Gasteiger partial charge in [0, 0.05) is 5.88 Å². The Morgan fingerprint density at radius 2 is 1.60 bits per heavy atom. The van der Waals surface area contributed by atoms with Crippen molar-refractivity contribution in [3.05, 3.63) is 35.9 Å². The van der Waals surface area contributed by atoms with E-state index in [0.29, 0.717) is 0 Å². The first-order valence-electron chi connectivity index (χ1n) is 9.61. The van der Waals surface area contributed by atoms with Crippen molar-refractivity contribution in [1.29, 1.82) is 0 Å². The number of benzene rings is 2. The summed E-state index contributed by atoms with van der Waals surface area (Å²) >= 11 is 5.69. The molecule has 0 saturated carbocycles. The molecule has 0 atom stereocenters. The minimum absolute atomic E-state index is 0.763. The van der Waals surface area contributed by atoms with Crippen LogP contribution in [-0.2, 0) is 0 Å². The van der Waals surface area contributed by atoms with E-state index >= 15 is 0 Å². The fraction of sp³-hybridized carbons (Fsp3) is 0.545. The first-order valence-corrected chi connectivity index (χ1v) is 10.1. The van der Waals surface area contributed by atoms with Crippen molar-refractivity contribution in [2.45, 2.75) is 58.8 Å². The predicted molar refractivity (Wildman–Crippen MR) is 108 cm³/mol. The van der Waals surface area contributed by atoms with Crippen LogP contribution in [0.1, 0.15) is 57.4 Å². The van der Waals surface area contributed by atoms with Crippen LogP contribution < -0.4 is 9.47 Å². The van der Waals surface area contributed by atoms with E-state index in [0.717, 1.165) is 49.9 Å². The smallest absolute Gasteiger partial charge is 0.122 e. The highest BCUT2D eigenvalue weighted by Gasteiger charge is 2.06. The molecular weight excluding hydrogens is 332 g/mol. The van der Waals surface area contributed by atoms with Crippen molar-refractivity contribution in [3.8, 4) is 11.5 Å². The summed E-state index contributed by atoms with van der Waals surface area (Å²) in [5.74, 6) is 2.73. The van der Waals surface area contributed by atoms with Crippen LogP contribution in [-0.4, -0.2) is 19.1 Å². The van der Waals surface area contributed by atoms with Gasteiger partial charge in [0.15, 0.2) is 0 Å². The van der Waals surface area contributed by atoms with Gasteiger partial charge in [0.1, 0.15) is 11.5 Å². The van der Waals surface area contributed by atoms with Crippen LogP contribution in [0.25, 0.3) is 10.8 Å². The fourth-order valence-corrected chi connectivity index (χ4v) is 3.18. The molecule has 0 saturated heterocycles. The molecule has 0 aliphatic rings. The molecule has 0 bridgehead atoms. The van der Waals surface area contributed by atoms with Crippen LogP contribution in [0, 0.1) is 6.92 Å². The first-order chi connectivity index (χ1) is 12.3. The summed E-state index contributed by atoms with van der Waals surface area (Å²) in [7, 11) is 0. The van der Waals surface area contributed by atoms with Crippen LogP contribution in [0.3, 0.4) is 0 Å². The second-order valence-corrected chi connectivity index (χ2v) is 6.96. The number of unbranched alkanes of at least 4 members (excludes halogenated alkanes) is 5. The van der Waals surface area contributed by atoms with E-state index in [9.17, 15) is 0 Å². The zero-order valence-corrected chi connectivity index (χ0v) is 16.4. The Labute approximate surface area is 157 Å². The zero-order valence-electron chi connectivity index (χ0n) is 15.7. The van der Waals surface area contributed by atoms with Crippen LogP contribution in [0.15, 0.2) is 30.3 Å². The number of alkyl halides is 1. The third-order valence-corrected chi connectivity index (χ3v) is 4.74. The average molecular weight is 363 g/mol. The van der Waals surface area contributed by atoms with Crippen molar-refractivity contribution in [2.75, 3.05) is 19.1 Å². The summed E-state index contributed by atoms with van der Waals surface area (Å²) < 4.78 is 11.7. The van der Waals surface area contributed by atoms with Gasteiger partial charge in [-0.1, -0.05) is 44.7 Å². The minimum Gasteiger partial charge on any atom is -0.494 e. The van der Waals surface area contributed by atoms with Crippen LogP contribution >= 0.6 is 11.6 Å². The molecule has 0 radical (unpaired) electrons. The van der Waals surface area contributed by atoms with Gasteiger partial charge in [-0.05, 0) is 60.7 Å². The van der Waals surface area contributed by atoms with Crippen molar-refractivity contribution in [1.82, 2.24) is 0 Å². The number of halogens is 1. The normalized spacial score (nSPS) is 11.0. The topological polar surface area (TPSA) is 18.5 Å². The molecule has 0 N–H and O–H groups in total. The molecule has 0 aliphatic heterocycles. The van der Waals surface area contributed by atoms with Crippen LogP contribution in [0.4, 0.5) is 0 Å². The van der Waals surface area contributed by atoms with Gasteiger partial charge >= 0.3 is 0 Å². The Kier molecular flexibility index (Phi) is 8.96. The Morgan fingerprint density at radius 3 is 2.36 bits per heavy atom. The van der Waals surface area contributed by atoms with Crippen LogP contribution in [0.2, 0.25) is 0 Å². The number of rotatable bonds is 12. The monoisotopic (exact) mass is 362 g/mol. The molecule has 2 aromatic carbocycles. The maximum Gasteiger partial charge on any atom is 0.122 e. The molecule has 0 amide bonds. The Morgan fingerprint density at radius 1 is 0.840 bits per heavy atom. The van der Waals surface area contributed by atoms with Gasteiger partial charge < -0.3 is 9.47 Å². The van der Waals surface area contributed by atoms with E-state index in [1.807, 2.05) is 0 Å². The first kappa shape index (κ1) is 19.9. The summed E-state index contributed by atoms with van der Waals surface area (Å²) in [6, 6.07) is 10.5. The van der Waals surface area contributed by atoms with Crippen molar-refractivity contribution in [3.63, 3.8) is 0 Å². The lowest BCUT2D eigenvalue weighted by Gasteiger charge is -2.12. The predicted octanol–water partition coefficient (Wildman–Crippen LogP) is 6.90. The quantitative estimate of drug-likeness (QED) is 0.302. The lowest BCUT2D eigenvalue weighted by atomic mass is 10.0. The molecule has 0 unspecified atom stereocenters. The molecule has 3 heteroatoms. The highest BCUT2D eigenvalue weighted by molar-refractivity contribution is 6.17. The van der Waals surface area contributed by atoms with Crippen molar-refractivity contribution in [2.24, 2.45) is 0 Å². The molecule has 0 aliphatic carbocycles. The summed E-state index contributed by atoms with van der Waals surface area (Å²) in [6.45, 7) is 5.80. The number of hydrogen-bond acceptors (Lipinski definition) is 2. The molecule has 2 nitrogen and oxygen atoms in total. The molecule has 0 heterocycles. The van der Waals surface area contributed by atoms with E-state index in [4.69, 9.17) is 21.1 Å². The van der Waals surface area contributed by atoms with Crippen molar-refractivity contribution >= 4 is 22.4 Å². The number of hydrogen-bond donors (Lipinski definition) is 0. The summed E-state index contributed by atoms with van der Waals surface area (Å²) in [5, 5.41) is 2.44. The van der Waals surface area contributed by atoms with E-state index in [-0.39, 0.29) is 0 Å². The Bertz CT molecular complexity index is 639. The number of fused-ring (bicyclic) bond motifs is 1. The average Bonchev–Trinajstić information content (AvgIpc) is 2.63. The largest absolute Gasteiger partial charge is 0.494 e. The number of aryl methyl sites for hydroxylation is 1. The van der Waals surface area contributed by atoms with Gasteiger partial charge in [0.2, 0.25) is 0 Å². The lowest BCUT2D eigenvalue weighted by molar-refractivity contribution is 0.304. The molecule has 0 spiro atoms.